The first-order valence-corrected chi connectivity index (χ1v) is 5.75. The molecule has 0 spiro atoms. The van der Waals surface area contributed by atoms with E-state index in [4.69, 9.17) is 5.73 Å². The molecule has 5 nitrogen and oxygen atoms in total. The Morgan fingerprint density at radius 1 is 1.48 bits per heavy atom. The van der Waals surface area contributed by atoms with Crippen LogP contribution >= 0.6 is 24.8 Å². The lowest BCUT2D eigenvalue weighted by Crippen LogP contribution is -2.32. The van der Waals surface area contributed by atoms with Crippen molar-refractivity contribution >= 4 is 30.7 Å². The van der Waals surface area contributed by atoms with E-state index in [0.29, 0.717) is 0 Å². The first kappa shape index (κ1) is 22.3. The third kappa shape index (κ3) is 8.13. The Kier molecular flexibility index (Phi) is 9.68. The van der Waals surface area contributed by atoms with Gasteiger partial charge in [-0.1, -0.05) is 0 Å². The summed E-state index contributed by atoms with van der Waals surface area (Å²) in [5.41, 5.74) is 5.50. The molecule has 0 aliphatic carbocycles. The molecule has 0 aliphatic heterocycles. The first-order valence-electron chi connectivity index (χ1n) is 5.75. The molecule has 1 rings (SSSR count). The van der Waals surface area contributed by atoms with Crippen molar-refractivity contribution in [1.29, 1.82) is 0 Å². The van der Waals surface area contributed by atoms with Crippen molar-refractivity contribution < 1.29 is 18.0 Å². The highest BCUT2D eigenvalue weighted by atomic mass is 35.5. The van der Waals surface area contributed by atoms with Gasteiger partial charge in [0, 0.05) is 31.9 Å². The fourth-order valence-electron chi connectivity index (χ4n) is 1.56. The largest absolute Gasteiger partial charge is 0.406 e. The zero-order valence-corrected chi connectivity index (χ0v) is 13.3. The lowest BCUT2D eigenvalue weighted by molar-refractivity contribution is -0.141. The van der Waals surface area contributed by atoms with Gasteiger partial charge in [-0.2, -0.15) is 13.2 Å². The van der Waals surface area contributed by atoms with Gasteiger partial charge in [-0.05, 0) is 6.92 Å². The smallest absolute Gasteiger partial charge is 0.338 e. The van der Waals surface area contributed by atoms with Crippen LogP contribution < -0.4 is 5.73 Å². The van der Waals surface area contributed by atoms with Crippen LogP contribution in [0.2, 0.25) is 0 Å². The van der Waals surface area contributed by atoms with E-state index in [1.165, 1.54) is 24.3 Å². The Hall–Kier alpha value is -0.990. The lowest BCUT2D eigenvalue weighted by Gasteiger charge is -2.19. The fraction of sp³-hybridized carbons (Fsp3) is 0.636. The highest BCUT2D eigenvalue weighted by Crippen LogP contribution is 2.18. The minimum absolute atomic E-state index is 0. The molecule has 10 heteroatoms. The van der Waals surface area contributed by atoms with Gasteiger partial charge in [-0.3, -0.25) is 4.79 Å². The predicted octanol–water partition coefficient (Wildman–Crippen LogP) is 1.98. The van der Waals surface area contributed by atoms with Crippen LogP contribution in [0, 0.1) is 0 Å². The first-order chi connectivity index (χ1) is 8.69. The minimum Gasteiger partial charge on any atom is -0.338 e. The van der Waals surface area contributed by atoms with Gasteiger partial charge in [-0.25, -0.2) is 4.98 Å². The Morgan fingerprint density at radius 3 is 2.52 bits per heavy atom. The van der Waals surface area contributed by atoms with Crippen LogP contribution in [0.1, 0.15) is 19.2 Å². The monoisotopic (exact) mass is 350 g/mol. The number of carbonyl (C=O) groups is 1. The Labute approximate surface area is 133 Å². The summed E-state index contributed by atoms with van der Waals surface area (Å²) in [4.78, 5) is 16.8. The summed E-state index contributed by atoms with van der Waals surface area (Å²) in [6.07, 6.45) is -1.64. The number of alkyl halides is 3. The summed E-state index contributed by atoms with van der Waals surface area (Å²) in [7, 11) is 1.51. The number of nitrogens with two attached hydrogens (primary N) is 1. The Balaban J connectivity index is 0. The number of hydrogen-bond acceptors (Lipinski definition) is 3. The molecule has 124 valence electrons. The molecule has 0 fully saturated rings. The minimum atomic E-state index is -4.32. The predicted molar refractivity (Wildman–Crippen MR) is 77.5 cm³/mol. The normalized spacial score (nSPS) is 12.1. The molecular formula is C11H19Cl2F3N4O. The summed E-state index contributed by atoms with van der Waals surface area (Å²) in [5.74, 6) is -0.0330. The molecule has 1 aromatic rings. The molecule has 0 radical (unpaired) electrons. The highest BCUT2D eigenvalue weighted by molar-refractivity contribution is 5.85. The number of carbonyl (C=O) groups excluding carboxylic acids is 1. The third-order valence-electron chi connectivity index (χ3n) is 2.45. The van der Waals surface area contributed by atoms with Crippen LogP contribution in [0.25, 0.3) is 0 Å². The average Bonchev–Trinajstić information content (AvgIpc) is 2.62. The standard InChI is InChI=1S/C11H17F3N4O.2ClH/c1-8(15)5-10(19)17(2)6-9-16-3-4-18(9)7-11(12,13)14;;/h3-4,8H,5-7,15H2,1-2H3;2*1H. The third-order valence-corrected chi connectivity index (χ3v) is 2.45. The SMILES string of the molecule is CC(N)CC(=O)N(C)Cc1nccn1CC(F)(F)F.Cl.Cl. The zero-order chi connectivity index (χ0) is 14.6. The second-order valence-corrected chi connectivity index (χ2v) is 4.52. The van der Waals surface area contributed by atoms with Crippen LogP contribution in [0.3, 0.4) is 0 Å². The Morgan fingerprint density at radius 2 is 2.05 bits per heavy atom. The van der Waals surface area contributed by atoms with E-state index in [1.807, 2.05) is 0 Å². The van der Waals surface area contributed by atoms with E-state index in [1.54, 1.807) is 6.92 Å². The second kappa shape index (κ2) is 9.11. The lowest BCUT2D eigenvalue weighted by atomic mass is 10.2. The molecule has 0 saturated heterocycles. The number of imidazole rings is 1. The summed E-state index contributed by atoms with van der Waals surface area (Å²) in [6.45, 7) is 0.600. The second-order valence-electron chi connectivity index (χ2n) is 4.52. The number of nitrogens with zero attached hydrogens (tertiary/aromatic N) is 3. The van der Waals surface area contributed by atoms with Crippen LogP contribution in [0.4, 0.5) is 13.2 Å². The van der Waals surface area contributed by atoms with Crippen molar-refractivity contribution in [3.63, 3.8) is 0 Å². The van der Waals surface area contributed by atoms with Crippen molar-refractivity contribution in [1.82, 2.24) is 14.5 Å². The molecule has 0 aliphatic rings. The fourth-order valence-corrected chi connectivity index (χ4v) is 1.56. The molecule has 1 unspecified atom stereocenters. The molecule has 1 heterocycles. The van der Waals surface area contributed by atoms with E-state index >= 15 is 0 Å². The summed E-state index contributed by atoms with van der Waals surface area (Å²) in [6, 6.07) is -0.287. The molecule has 0 saturated carbocycles. The number of amides is 1. The van der Waals surface area contributed by atoms with Crippen LogP contribution in [0.15, 0.2) is 12.4 Å². The van der Waals surface area contributed by atoms with Crippen molar-refractivity contribution in [3.05, 3.63) is 18.2 Å². The summed E-state index contributed by atoms with van der Waals surface area (Å²) < 4.78 is 37.9. The van der Waals surface area contributed by atoms with Gasteiger partial charge >= 0.3 is 6.18 Å². The van der Waals surface area contributed by atoms with Gasteiger partial charge in [0.25, 0.3) is 0 Å². The van der Waals surface area contributed by atoms with Gasteiger partial charge in [0.2, 0.25) is 5.91 Å². The van der Waals surface area contributed by atoms with E-state index in [2.05, 4.69) is 4.98 Å². The van der Waals surface area contributed by atoms with Crippen LogP contribution in [-0.4, -0.2) is 39.6 Å². The van der Waals surface area contributed by atoms with Crippen molar-refractivity contribution in [2.24, 2.45) is 5.73 Å². The number of rotatable bonds is 5. The maximum atomic E-state index is 12.3. The molecule has 0 bridgehead atoms. The maximum absolute atomic E-state index is 12.3. The van der Waals surface area contributed by atoms with Gasteiger partial charge in [0.1, 0.15) is 12.4 Å². The van der Waals surface area contributed by atoms with Gasteiger partial charge in [0.15, 0.2) is 0 Å². The highest BCUT2D eigenvalue weighted by Gasteiger charge is 2.29. The van der Waals surface area contributed by atoms with Gasteiger partial charge in [0.05, 0.1) is 6.54 Å². The van der Waals surface area contributed by atoms with Crippen molar-refractivity contribution in [2.45, 2.75) is 38.7 Å². The molecule has 1 atom stereocenters. The topological polar surface area (TPSA) is 64.2 Å². The van der Waals surface area contributed by atoms with Crippen molar-refractivity contribution in [3.8, 4) is 0 Å². The molecule has 1 aromatic heterocycles. The van der Waals surface area contributed by atoms with Crippen LogP contribution in [-0.2, 0) is 17.9 Å². The Bertz CT molecular complexity index is 437. The molecule has 2 N–H and O–H groups in total. The van der Waals surface area contributed by atoms with Gasteiger partial charge < -0.3 is 15.2 Å². The van der Waals surface area contributed by atoms with E-state index in [0.717, 1.165) is 4.57 Å². The van der Waals surface area contributed by atoms with E-state index < -0.39 is 12.7 Å². The van der Waals surface area contributed by atoms with Crippen LogP contribution in [0.5, 0.6) is 0 Å². The van der Waals surface area contributed by atoms with Crippen molar-refractivity contribution in [2.75, 3.05) is 7.05 Å². The number of hydrogen-bond donors (Lipinski definition) is 1. The summed E-state index contributed by atoms with van der Waals surface area (Å²) >= 11 is 0. The maximum Gasteiger partial charge on any atom is 0.406 e. The van der Waals surface area contributed by atoms with Gasteiger partial charge in [-0.15, -0.1) is 24.8 Å². The zero-order valence-electron chi connectivity index (χ0n) is 11.6. The number of aromatic nitrogens is 2. The number of halogens is 5. The molecule has 21 heavy (non-hydrogen) atoms. The molecule has 0 aromatic carbocycles. The van der Waals surface area contributed by atoms with E-state index in [9.17, 15) is 18.0 Å². The quantitative estimate of drug-likeness (QED) is 0.882. The molecular weight excluding hydrogens is 332 g/mol. The molecule has 1 amide bonds. The average molecular weight is 351 g/mol. The van der Waals surface area contributed by atoms with E-state index in [-0.39, 0.29) is 55.6 Å². The summed E-state index contributed by atoms with van der Waals surface area (Å²) in [5, 5.41) is 0.